The lowest BCUT2D eigenvalue weighted by molar-refractivity contribution is -0.880. The minimum atomic E-state index is -0.596. The van der Waals surface area contributed by atoms with Gasteiger partial charge < -0.3 is 44.7 Å². The number of hydrogen-bond donors (Lipinski definition) is 3. The molecule has 312 valence electrons. The van der Waals surface area contributed by atoms with Crippen LogP contribution >= 0.6 is 0 Å². The number of hydrogen-bond acceptors (Lipinski definition) is 9. The summed E-state index contributed by atoms with van der Waals surface area (Å²) in [5.41, 5.74) is 4.86. The van der Waals surface area contributed by atoms with Gasteiger partial charge in [-0.15, -0.1) is 0 Å². The zero-order chi connectivity index (χ0) is 42.6. The molecule has 0 aromatic heterocycles. The van der Waals surface area contributed by atoms with E-state index in [0.717, 1.165) is 53.0 Å². The molecule has 0 spiro atoms. The minimum Gasteiger partial charge on any atom is -0.866 e. The largest absolute Gasteiger partial charge is 0.866 e. The summed E-state index contributed by atoms with van der Waals surface area (Å²) in [4.78, 5) is 53.0. The van der Waals surface area contributed by atoms with Crippen LogP contribution in [0.15, 0.2) is 29.4 Å². The van der Waals surface area contributed by atoms with Crippen LogP contribution in [0, 0.1) is 0 Å². The van der Waals surface area contributed by atoms with Crippen molar-refractivity contribution < 1.29 is 44.7 Å². The van der Waals surface area contributed by atoms with Crippen LogP contribution in [-0.4, -0.2) is 116 Å². The molecular formula is C42H66N9O6+3. The molecule has 0 saturated carbocycles. The summed E-state index contributed by atoms with van der Waals surface area (Å²) >= 11 is 0. The first-order valence-corrected chi connectivity index (χ1v) is 20.2. The topological polar surface area (TPSA) is 207 Å². The highest BCUT2D eigenvalue weighted by Crippen LogP contribution is 2.32. The summed E-state index contributed by atoms with van der Waals surface area (Å²) in [6.07, 6.45) is 1.79. The molecule has 15 nitrogen and oxygen atoms in total. The normalized spacial score (nSPS) is 14.0. The maximum Gasteiger partial charge on any atom is 0.208 e. The molecule has 0 amide bonds. The Morgan fingerprint density at radius 1 is 0.421 bits per heavy atom. The Morgan fingerprint density at radius 2 is 0.649 bits per heavy atom. The second-order valence-electron chi connectivity index (χ2n) is 18.2. The SMILES string of the molecule is CCc1c(CN=c2c([NH2+]CC[N+](C)(C)C)c([O-])c2=O)c(CC)c(CN=c2c([NH2+]CC[N+](C)(C)C)c([O-])c2=O)c(CC)c1CN=c1c([NH2+]CC[N+](C)(C)C)c([O-])c1=O. The highest BCUT2D eigenvalue weighted by molar-refractivity contribution is 5.54. The van der Waals surface area contributed by atoms with Gasteiger partial charge in [-0.1, -0.05) is 20.8 Å². The van der Waals surface area contributed by atoms with Gasteiger partial charge in [-0.3, -0.25) is 29.4 Å². The number of benzene rings is 1. The van der Waals surface area contributed by atoms with Crippen molar-refractivity contribution in [2.24, 2.45) is 15.0 Å². The summed E-state index contributed by atoms with van der Waals surface area (Å²) in [7, 11) is 18.6. The van der Waals surface area contributed by atoms with E-state index in [-0.39, 0.29) is 35.7 Å². The van der Waals surface area contributed by atoms with Crippen molar-refractivity contribution in [1.29, 1.82) is 0 Å². The van der Waals surface area contributed by atoms with E-state index in [1.165, 1.54) is 0 Å². The number of nitrogens with two attached hydrogens (primary N) is 3. The summed E-state index contributed by atoms with van der Waals surface area (Å²) in [6, 6.07) is 0. The molecule has 0 heterocycles. The first-order valence-electron chi connectivity index (χ1n) is 20.2. The average Bonchev–Trinajstić information content (AvgIpc) is 3.13. The van der Waals surface area contributed by atoms with Crippen molar-refractivity contribution >= 4 is 17.1 Å². The van der Waals surface area contributed by atoms with Gasteiger partial charge in [-0.05, 0) is 52.6 Å². The Hall–Kier alpha value is -4.38. The van der Waals surface area contributed by atoms with E-state index in [4.69, 9.17) is 15.0 Å². The van der Waals surface area contributed by atoms with E-state index in [1.807, 2.05) is 36.7 Å². The molecule has 0 bridgehead atoms. The van der Waals surface area contributed by atoms with Crippen molar-refractivity contribution in [3.05, 3.63) is 80.1 Å². The molecule has 4 aromatic carbocycles. The Morgan fingerprint density at radius 3 is 0.842 bits per heavy atom. The molecule has 4 aromatic rings. The molecule has 0 aliphatic rings. The van der Waals surface area contributed by atoms with E-state index in [2.05, 4.69) is 63.4 Å². The maximum absolute atomic E-state index is 12.9. The van der Waals surface area contributed by atoms with E-state index >= 15 is 0 Å². The number of nitrogens with zero attached hydrogens (tertiary/aromatic N) is 6. The number of quaternary nitrogens is 6. The molecule has 6 N–H and O–H groups in total. The molecule has 0 unspecified atom stereocenters. The fourth-order valence-corrected chi connectivity index (χ4v) is 7.44. The molecule has 15 heteroatoms. The Kier molecular flexibility index (Phi) is 14.3. The van der Waals surface area contributed by atoms with Crippen molar-refractivity contribution in [1.82, 2.24) is 0 Å². The molecule has 0 fully saturated rings. The van der Waals surface area contributed by atoms with E-state index in [1.54, 1.807) is 0 Å². The molecule has 4 rings (SSSR count). The molecule has 0 atom stereocenters. The van der Waals surface area contributed by atoms with Gasteiger partial charge in [0.05, 0.1) is 83.1 Å². The highest BCUT2D eigenvalue weighted by atomic mass is 16.3. The highest BCUT2D eigenvalue weighted by Gasteiger charge is 2.25. The van der Waals surface area contributed by atoms with Gasteiger partial charge in [-0.2, -0.15) is 0 Å². The van der Waals surface area contributed by atoms with Gasteiger partial charge in [0.2, 0.25) is 16.3 Å². The predicted octanol–water partition coefficient (Wildman–Crippen LogP) is -4.69. The zero-order valence-electron chi connectivity index (χ0n) is 36.4. The van der Waals surface area contributed by atoms with E-state index in [9.17, 15) is 29.7 Å². The van der Waals surface area contributed by atoms with Crippen LogP contribution in [0.5, 0.6) is 17.2 Å². The quantitative estimate of drug-likeness (QED) is 0.0707. The van der Waals surface area contributed by atoms with Crippen LogP contribution < -0.4 is 63.6 Å². The minimum absolute atomic E-state index is 0.131. The lowest BCUT2D eigenvalue weighted by Gasteiger charge is -2.25. The Bertz CT molecular complexity index is 2050. The Balaban J connectivity index is 1.88. The third kappa shape index (κ3) is 10.6. The molecule has 57 heavy (non-hydrogen) atoms. The van der Waals surface area contributed by atoms with Crippen molar-refractivity contribution in [2.45, 2.75) is 59.7 Å². The van der Waals surface area contributed by atoms with Crippen LogP contribution in [0.25, 0.3) is 0 Å². The van der Waals surface area contributed by atoms with Gasteiger partial charge >= 0.3 is 0 Å². The van der Waals surface area contributed by atoms with E-state index in [0.29, 0.717) is 69.4 Å². The van der Waals surface area contributed by atoms with Crippen LogP contribution in [0.1, 0.15) is 54.2 Å². The second-order valence-corrected chi connectivity index (χ2v) is 18.2. The van der Waals surface area contributed by atoms with Gasteiger partial charge in [0.25, 0.3) is 0 Å². The molecular weight excluding hydrogens is 727 g/mol. The summed E-state index contributed by atoms with van der Waals surface area (Å²) < 4.78 is 2.13. The second kappa shape index (κ2) is 18.0. The van der Waals surface area contributed by atoms with E-state index < -0.39 is 33.5 Å². The number of rotatable bonds is 21. The summed E-state index contributed by atoms with van der Waals surface area (Å²) in [6.45, 7) is 10.7. The van der Waals surface area contributed by atoms with Gasteiger partial charge in [-0.25, -0.2) is 0 Å². The third-order valence-electron chi connectivity index (χ3n) is 10.6. The molecule has 0 aliphatic heterocycles. The monoisotopic (exact) mass is 793 g/mol. The smallest absolute Gasteiger partial charge is 0.208 e. The molecule has 0 radical (unpaired) electrons. The van der Waals surface area contributed by atoms with Crippen LogP contribution in [0.2, 0.25) is 0 Å². The summed E-state index contributed by atoms with van der Waals surface area (Å²) in [5, 5.41) is 44.0. The first-order chi connectivity index (χ1) is 26.5. The fraction of sp³-hybridized carbons (Fsp3) is 0.571. The lowest BCUT2D eigenvalue weighted by atomic mass is 9.83. The standard InChI is InChI=1S/C42H63N9O6/c1-13-25-28(22-46-34-31(37(52)40(34)55)43-16-19-49(4,5)6)26(14-2)30(24-48-36-33(39(54)42(36)57)45-18-21-51(10,11)12)27(15-3)29(25)23-47-35-32(38(53)41(35)56)44-17-20-50(7,8)9/h13-24H2,1-12H3,(H3-3,43,44,45,46,47,48,52,53,54,55,56,57)/p+3. The lowest BCUT2D eigenvalue weighted by Crippen LogP contribution is -2.84. The molecule has 0 aliphatic carbocycles. The van der Waals surface area contributed by atoms with Crippen LogP contribution in [0.3, 0.4) is 0 Å². The van der Waals surface area contributed by atoms with Gasteiger partial charge in [0, 0.05) is 17.2 Å². The predicted molar refractivity (Wildman–Crippen MR) is 214 cm³/mol. The third-order valence-corrected chi connectivity index (χ3v) is 10.6. The Labute approximate surface area is 335 Å². The first kappa shape index (κ1) is 45.3. The zero-order valence-corrected chi connectivity index (χ0v) is 36.4. The van der Waals surface area contributed by atoms with Gasteiger partial charge in [0.15, 0.2) is 33.1 Å². The molecule has 0 saturated heterocycles. The van der Waals surface area contributed by atoms with Crippen LogP contribution in [0.4, 0.5) is 17.1 Å². The van der Waals surface area contributed by atoms with Crippen molar-refractivity contribution in [2.75, 3.05) is 103 Å². The average molecular weight is 793 g/mol. The van der Waals surface area contributed by atoms with Crippen LogP contribution in [-0.2, 0) is 38.9 Å². The summed E-state index contributed by atoms with van der Waals surface area (Å²) in [5.74, 6) is -1.57. The maximum atomic E-state index is 12.9. The van der Waals surface area contributed by atoms with Gasteiger partial charge in [0.1, 0.15) is 39.3 Å². The van der Waals surface area contributed by atoms with Crippen molar-refractivity contribution in [3.8, 4) is 17.2 Å². The fourth-order valence-electron chi connectivity index (χ4n) is 7.44. The van der Waals surface area contributed by atoms with Crippen molar-refractivity contribution in [3.63, 3.8) is 0 Å². The number of likely N-dealkylation sites (N-methyl/N-ethyl adjacent to an activating group) is 3.